The molecule has 0 aliphatic carbocycles. The van der Waals surface area contributed by atoms with Crippen LogP contribution in [0.15, 0.2) is 277 Å². The zero-order chi connectivity index (χ0) is 68.5. The summed E-state index contributed by atoms with van der Waals surface area (Å²) in [6.07, 6.45) is 0. The van der Waals surface area contributed by atoms with E-state index in [9.17, 15) is 0 Å². The molecule has 13 aromatic carbocycles. The Morgan fingerprint density at radius 3 is 1.15 bits per heavy atom. The van der Waals surface area contributed by atoms with Crippen molar-refractivity contribution in [1.29, 1.82) is 0 Å². The highest BCUT2D eigenvalue weighted by molar-refractivity contribution is 7.01. The van der Waals surface area contributed by atoms with Gasteiger partial charge in [0.15, 0.2) is 0 Å². The van der Waals surface area contributed by atoms with Gasteiger partial charge in [0, 0.05) is 66.5 Å². The maximum absolute atomic E-state index is 7.84. The molecule has 2 aliphatic heterocycles. The summed E-state index contributed by atoms with van der Waals surface area (Å²) in [4.78, 5) is 5.24. The molecule has 6 heteroatoms. The number of rotatable bonds is 7. The van der Waals surface area contributed by atoms with Crippen molar-refractivity contribution in [2.75, 3.05) is 9.80 Å². The van der Waals surface area contributed by atoms with Crippen molar-refractivity contribution >= 4 is 123 Å². The third-order valence-corrected chi connectivity index (χ3v) is 21.7. The number of benzene rings is 13. The van der Waals surface area contributed by atoms with Crippen molar-refractivity contribution in [3.8, 4) is 44.8 Å². The number of nitrogens with zero attached hydrogens (tertiary/aromatic N) is 4. The maximum atomic E-state index is 7.84. The third kappa shape index (κ3) is 9.57. The van der Waals surface area contributed by atoms with Crippen LogP contribution in [0, 0.1) is 0 Å². The van der Waals surface area contributed by atoms with Crippen molar-refractivity contribution in [1.82, 2.24) is 9.13 Å². The molecule has 5 nitrogen and oxygen atoms in total. The van der Waals surface area contributed by atoms with E-state index in [0.29, 0.717) is 0 Å². The zero-order valence-corrected chi connectivity index (χ0v) is 59.3. The first-order chi connectivity index (χ1) is 48.2. The van der Waals surface area contributed by atoms with Crippen molar-refractivity contribution in [3.63, 3.8) is 0 Å². The zero-order valence-electron chi connectivity index (χ0n) is 59.3. The Morgan fingerprint density at radius 2 is 0.680 bits per heavy atom. The predicted octanol–water partition coefficient (Wildman–Crippen LogP) is 24.1. The number of furan rings is 1. The second-order valence-electron chi connectivity index (χ2n) is 32.1. The van der Waals surface area contributed by atoms with E-state index in [2.05, 4.69) is 375 Å². The number of aromatic nitrogens is 2. The fraction of sp³-hybridized carbons (Fsp3) is 0.170. The molecule has 0 bridgehead atoms. The van der Waals surface area contributed by atoms with Crippen LogP contribution in [-0.4, -0.2) is 15.8 Å². The van der Waals surface area contributed by atoms with Crippen molar-refractivity contribution in [2.45, 2.75) is 105 Å². The number of fused-ring (bicyclic) bond motifs is 14. The molecule has 0 amide bonds. The number of para-hydroxylation sites is 3. The Balaban J connectivity index is 1.02. The Morgan fingerprint density at radius 1 is 0.280 bits per heavy atom. The van der Waals surface area contributed by atoms with Gasteiger partial charge in [0.1, 0.15) is 11.2 Å². The first-order valence-corrected chi connectivity index (χ1v) is 35.6. The lowest BCUT2D eigenvalue weighted by molar-refractivity contribution is 0.590. The molecule has 0 saturated carbocycles. The smallest absolute Gasteiger partial charge is 0.257 e. The molecule has 0 atom stereocenters. The summed E-state index contributed by atoms with van der Waals surface area (Å²) >= 11 is 0. The van der Waals surface area contributed by atoms with Crippen molar-refractivity contribution < 1.29 is 4.42 Å². The Bertz CT molecular complexity index is 5860. The predicted molar refractivity (Wildman–Crippen MR) is 428 cm³/mol. The highest BCUT2D eigenvalue weighted by Gasteiger charge is 2.47. The molecule has 486 valence electrons. The third-order valence-electron chi connectivity index (χ3n) is 21.7. The maximum Gasteiger partial charge on any atom is 0.257 e. The van der Waals surface area contributed by atoms with Crippen LogP contribution in [0.25, 0.3) is 110 Å². The van der Waals surface area contributed by atoms with E-state index in [1.807, 2.05) is 0 Å². The second kappa shape index (κ2) is 22.2. The highest BCUT2D eigenvalue weighted by atomic mass is 16.3. The lowest BCUT2D eigenvalue weighted by Crippen LogP contribution is -2.61. The monoisotopic (exact) mass is 1290 g/mol. The molecule has 18 rings (SSSR count). The summed E-state index contributed by atoms with van der Waals surface area (Å²) in [6.45, 7) is 27.6. The summed E-state index contributed by atoms with van der Waals surface area (Å²) in [5.41, 5.74) is 30.4. The SMILES string of the molecule is CC(C)(C)c1ccc2c(c1)c1cc(C(C)(C)C)ccc1n2-c1ccc2c(c1)N(c1ccccc1-c1ccccc1)c1cc(-c3ccccc3)cc3c1B2c1c(cc(-n2c4ccc(C(C)(C)C)cc4c4cc(C(C)(C)C)ccc42)c2c1oc1ccccc12)N3c1ccccc1-c1ccccc1. The molecule has 5 heterocycles. The van der Waals surface area contributed by atoms with Crippen LogP contribution in [0.3, 0.4) is 0 Å². The molecular weight excluding hydrogens is 1210 g/mol. The fourth-order valence-corrected chi connectivity index (χ4v) is 16.5. The Hall–Kier alpha value is -11.1. The van der Waals surface area contributed by atoms with E-state index in [4.69, 9.17) is 4.42 Å². The minimum absolute atomic E-state index is 0.0508. The van der Waals surface area contributed by atoms with Crippen LogP contribution in [0.4, 0.5) is 34.1 Å². The van der Waals surface area contributed by atoms with E-state index in [1.165, 1.54) is 65.8 Å². The van der Waals surface area contributed by atoms with Gasteiger partial charge < -0.3 is 23.4 Å². The summed E-state index contributed by atoms with van der Waals surface area (Å²) in [6, 6.07) is 104. The minimum atomic E-state index is -0.338. The van der Waals surface area contributed by atoms with E-state index < -0.39 is 0 Å². The van der Waals surface area contributed by atoms with Gasteiger partial charge in [-0.1, -0.05) is 259 Å². The summed E-state index contributed by atoms with van der Waals surface area (Å²) in [7, 11) is 0. The molecule has 0 fully saturated rings. The summed E-state index contributed by atoms with van der Waals surface area (Å²) in [5.74, 6) is 0. The number of hydrogen-bond acceptors (Lipinski definition) is 3. The molecule has 0 unspecified atom stereocenters. The van der Waals surface area contributed by atoms with Gasteiger partial charge in [0.25, 0.3) is 6.71 Å². The minimum Gasteiger partial charge on any atom is -0.456 e. The molecule has 0 radical (unpaired) electrons. The van der Waals surface area contributed by atoms with Gasteiger partial charge in [-0.15, -0.1) is 0 Å². The first kappa shape index (κ1) is 61.3. The fourth-order valence-electron chi connectivity index (χ4n) is 16.5. The Kier molecular flexibility index (Phi) is 13.6. The molecule has 0 N–H and O–H groups in total. The van der Waals surface area contributed by atoms with Crippen LogP contribution in [0.2, 0.25) is 0 Å². The van der Waals surface area contributed by atoms with Crippen LogP contribution in [0.1, 0.15) is 105 Å². The van der Waals surface area contributed by atoms with Crippen molar-refractivity contribution in [2.24, 2.45) is 0 Å². The summed E-state index contributed by atoms with van der Waals surface area (Å²) < 4.78 is 12.9. The second-order valence-corrected chi connectivity index (χ2v) is 32.1. The average molecular weight is 1290 g/mol. The quantitative estimate of drug-likeness (QED) is 0.149. The topological polar surface area (TPSA) is 29.5 Å². The molecule has 16 aromatic rings. The van der Waals surface area contributed by atoms with Gasteiger partial charge in [-0.25, -0.2) is 0 Å². The lowest BCUT2D eigenvalue weighted by atomic mass is 9.33. The van der Waals surface area contributed by atoms with Gasteiger partial charge in [-0.05, 0) is 180 Å². The normalized spacial score (nSPS) is 13.3. The van der Waals surface area contributed by atoms with Gasteiger partial charge >= 0.3 is 0 Å². The standard InChI is InChI=1S/C94H81BN4O/c1-91(2,3)62-40-46-77-70(52-62)71-53-63(92(4,5)6)41-47-78(71)96(77)66-44-45-74-81(56-66)98(75-37-25-22-34-67(75)59-30-18-14-19-31-59)83-50-61(58-28-16-13-17-29-58)51-84-88(83)95(74)89-85(99(84)76-38-26-23-35-68(76)60-32-20-15-21-33-60)57-82(87-69-36-24-27-39-86(69)100-90(87)89)97-79-48-42-64(93(7,8)9)54-72(79)73-55-65(94(10,11)12)43-49-80(73)97/h13-57H,1-12H3. The van der Waals surface area contributed by atoms with E-state index in [1.54, 1.807) is 0 Å². The van der Waals surface area contributed by atoms with Crippen molar-refractivity contribution in [3.05, 3.63) is 295 Å². The number of hydrogen-bond donors (Lipinski definition) is 0. The van der Waals surface area contributed by atoms with Gasteiger partial charge in [0.2, 0.25) is 0 Å². The van der Waals surface area contributed by atoms with Gasteiger partial charge in [-0.3, -0.25) is 0 Å². The van der Waals surface area contributed by atoms with Gasteiger partial charge in [-0.2, -0.15) is 0 Å². The molecule has 100 heavy (non-hydrogen) atoms. The van der Waals surface area contributed by atoms with E-state index >= 15 is 0 Å². The Labute approximate surface area is 587 Å². The largest absolute Gasteiger partial charge is 0.456 e. The molecule has 0 saturated heterocycles. The van der Waals surface area contributed by atoms with E-state index in [0.717, 1.165) is 117 Å². The average Bonchev–Trinajstić information content (AvgIpc) is 1.13. The first-order valence-electron chi connectivity index (χ1n) is 35.6. The molecule has 3 aromatic heterocycles. The van der Waals surface area contributed by atoms with E-state index in [-0.39, 0.29) is 28.4 Å². The highest BCUT2D eigenvalue weighted by Crippen LogP contribution is 2.53. The van der Waals surface area contributed by atoms with Gasteiger partial charge in [0.05, 0.1) is 44.5 Å². The van der Waals surface area contributed by atoms with Crippen LogP contribution >= 0.6 is 0 Å². The lowest BCUT2D eigenvalue weighted by Gasteiger charge is -2.45. The molecule has 2 aliphatic rings. The summed E-state index contributed by atoms with van der Waals surface area (Å²) in [5, 5.41) is 7.15. The molecule has 0 spiro atoms. The molecular formula is C94H81BN4O. The van der Waals surface area contributed by atoms with Crippen LogP contribution in [-0.2, 0) is 21.7 Å². The van der Waals surface area contributed by atoms with Crippen LogP contribution < -0.4 is 26.2 Å². The van der Waals surface area contributed by atoms with Crippen LogP contribution in [0.5, 0.6) is 0 Å². The number of anilines is 6.